The summed E-state index contributed by atoms with van der Waals surface area (Å²) in [6, 6.07) is 9.59. The molecule has 1 saturated carbocycles. The molecule has 1 aliphatic heterocycles. The lowest BCUT2D eigenvalue weighted by atomic mass is 9.85. The molecule has 2 nitrogen and oxygen atoms in total. The Morgan fingerprint density at radius 3 is 2.89 bits per heavy atom. The number of carbonyl (C=O) groups excluding carboxylic acids is 1. The van der Waals surface area contributed by atoms with Crippen molar-refractivity contribution in [3.05, 3.63) is 35.9 Å². The Kier molecular flexibility index (Phi) is 3.21. The second kappa shape index (κ2) is 4.85. The smallest absolute Gasteiger partial charge is 0.162 e. The van der Waals surface area contributed by atoms with Crippen LogP contribution < -0.4 is 0 Å². The number of carbonyl (C=O) groups is 1. The molecule has 1 aliphatic carbocycles. The van der Waals surface area contributed by atoms with Crippen molar-refractivity contribution in [2.75, 3.05) is 0 Å². The summed E-state index contributed by atoms with van der Waals surface area (Å²) in [4.78, 5) is 12.0. The van der Waals surface area contributed by atoms with E-state index >= 15 is 0 Å². The van der Waals surface area contributed by atoms with E-state index in [-0.39, 0.29) is 11.4 Å². The summed E-state index contributed by atoms with van der Waals surface area (Å²) in [7, 11) is 0. The molecule has 1 saturated heterocycles. The van der Waals surface area contributed by atoms with Crippen LogP contribution in [0.3, 0.4) is 0 Å². The quantitative estimate of drug-likeness (QED) is 0.583. The van der Waals surface area contributed by atoms with Crippen LogP contribution in [0.2, 0.25) is 0 Å². The van der Waals surface area contributed by atoms with Crippen molar-refractivity contribution < 1.29 is 9.53 Å². The highest BCUT2D eigenvalue weighted by atomic mass is 16.6. The molecule has 2 heteroatoms. The molecule has 96 valence electrons. The Morgan fingerprint density at radius 1 is 1.28 bits per heavy atom. The molecule has 1 aromatic rings. The third-order valence-electron chi connectivity index (χ3n) is 4.32. The first-order valence-electron chi connectivity index (χ1n) is 7.06. The highest BCUT2D eigenvalue weighted by molar-refractivity contribution is 5.95. The molecule has 0 unspecified atom stereocenters. The van der Waals surface area contributed by atoms with Gasteiger partial charge in [-0.1, -0.05) is 43.2 Å². The van der Waals surface area contributed by atoms with Gasteiger partial charge in [0.25, 0.3) is 0 Å². The van der Waals surface area contributed by atoms with Crippen LogP contribution in [0.5, 0.6) is 0 Å². The van der Waals surface area contributed by atoms with Crippen molar-refractivity contribution in [3.8, 4) is 0 Å². The number of hydrogen-bond acceptors (Lipinski definition) is 2. The fraction of sp³-hybridized carbons (Fsp3) is 0.562. The van der Waals surface area contributed by atoms with Gasteiger partial charge >= 0.3 is 0 Å². The molecule has 0 radical (unpaired) electrons. The van der Waals surface area contributed by atoms with Crippen LogP contribution in [0.1, 0.15) is 55.3 Å². The van der Waals surface area contributed by atoms with Gasteiger partial charge in [-0.15, -0.1) is 0 Å². The topological polar surface area (TPSA) is 29.6 Å². The molecule has 3 rings (SSSR count). The Morgan fingerprint density at radius 2 is 2.11 bits per heavy atom. The molecule has 2 atom stereocenters. The summed E-state index contributed by atoms with van der Waals surface area (Å²) in [5.74, 6) is 0.264. The summed E-state index contributed by atoms with van der Waals surface area (Å²) in [6.07, 6.45) is 8.24. The van der Waals surface area contributed by atoms with E-state index in [2.05, 4.69) is 0 Å². The zero-order valence-corrected chi connectivity index (χ0v) is 10.7. The van der Waals surface area contributed by atoms with E-state index in [1.54, 1.807) is 0 Å². The van der Waals surface area contributed by atoms with E-state index in [9.17, 15) is 4.79 Å². The van der Waals surface area contributed by atoms with Crippen molar-refractivity contribution in [1.29, 1.82) is 0 Å². The lowest BCUT2D eigenvalue weighted by molar-refractivity contribution is 0.0976. The number of benzene rings is 1. The molecular weight excluding hydrogens is 224 g/mol. The van der Waals surface area contributed by atoms with Gasteiger partial charge in [0, 0.05) is 12.0 Å². The van der Waals surface area contributed by atoms with Gasteiger partial charge in [-0.25, -0.2) is 0 Å². The van der Waals surface area contributed by atoms with Gasteiger partial charge < -0.3 is 4.74 Å². The lowest BCUT2D eigenvalue weighted by Gasteiger charge is -2.16. The number of epoxide rings is 1. The fourth-order valence-electron chi connectivity index (χ4n) is 3.21. The van der Waals surface area contributed by atoms with Crippen LogP contribution in [-0.2, 0) is 4.74 Å². The maximum atomic E-state index is 12.0. The maximum absolute atomic E-state index is 12.0. The van der Waals surface area contributed by atoms with E-state index in [0.29, 0.717) is 12.5 Å². The largest absolute Gasteiger partial charge is 0.366 e. The van der Waals surface area contributed by atoms with Gasteiger partial charge in [0.15, 0.2) is 5.78 Å². The molecule has 0 bridgehead atoms. The predicted octanol–water partition coefficient (Wildman–Crippen LogP) is 3.75. The SMILES string of the molecule is O=C(CCC[C@]12CCCC[C@H]1O2)c1ccccc1. The third-order valence-corrected chi connectivity index (χ3v) is 4.32. The molecular formula is C16H20O2. The van der Waals surface area contributed by atoms with Crippen molar-refractivity contribution in [1.82, 2.24) is 0 Å². The highest BCUT2D eigenvalue weighted by Gasteiger charge is 2.56. The minimum atomic E-state index is 0.176. The first kappa shape index (κ1) is 11.9. The predicted molar refractivity (Wildman–Crippen MR) is 70.7 cm³/mol. The van der Waals surface area contributed by atoms with E-state index in [1.165, 1.54) is 25.7 Å². The highest BCUT2D eigenvalue weighted by Crippen LogP contribution is 2.50. The number of fused-ring (bicyclic) bond motifs is 1. The van der Waals surface area contributed by atoms with Crippen molar-refractivity contribution in [2.24, 2.45) is 0 Å². The molecule has 0 amide bonds. The van der Waals surface area contributed by atoms with Crippen LogP contribution in [0.15, 0.2) is 30.3 Å². The van der Waals surface area contributed by atoms with E-state index < -0.39 is 0 Å². The normalized spacial score (nSPS) is 29.7. The molecule has 0 aromatic heterocycles. The van der Waals surface area contributed by atoms with Crippen molar-refractivity contribution >= 4 is 5.78 Å². The van der Waals surface area contributed by atoms with Gasteiger partial charge in [-0.05, 0) is 25.7 Å². The van der Waals surface area contributed by atoms with Gasteiger partial charge in [-0.2, -0.15) is 0 Å². The molecule has 2 aliphatic rings. The summed E-state index contributed by atoms with van der Waals surface area (Å²) in [5.41, 5.74) is 1.02. The van der Waals surface area contributed by atoms with E-state index in [0.717, 1.165) is 18.4 Å². The monoisotopic (exact) mass is 244 g/mol. The first-order valence-corrected chi connectivity index (χ1v) is 7.06. The van der Waals surface area contributed by atoms with Gasteiger partial charge in [0.2, 0.25) is 0 Å². The third kappa shape index (κ3) is 2.35. The van der Waals surface area contributed by atoms with Crippen LogP contribution in [0.25, 0.3) is 0 Å². The minimum absolute atomic E-state index is 0.176. The van der Waals surface area contributed by atoms with Crippen molar-refractivity contribution in [2.45, 2.75) is 56.7 Å². The van der Waals surface area contributed by atoms with Crippen LogP contribution in [0.4, 0.5) is 0 Å². The Hall–Kier alpha value is -1.15. The Balaban J connectivity index is 1.47. The van der Waals surface area contributed by atoms with E-state index in [1.807, 2.05) is 30.3 Å². The Labute approximate surface area is 108 Å². The summed E-state index contributed by atoms with van der Waals surface area (Å²) >= 11 is 0. The molecule has 0 N–H and O–H groups in total. The number of ketones is 1. The lowest BCUT2D eigenvalue weighted by Crippen LogP contribution is -2.19. The average Bonchev–Trinajstić information content (AvgIpc) is 3.14. The van der Waals surface area contributed by atoms with E-state index in [4.69, 9.17) is 4.74 Å². The van der Waals surface area contributed by atoms with Crippen LogP contribution in [0, 0.1) is 0 Å². The Bertz CT molecular complexity index is 426. The molecule has 18 heavy (non-hydrogen) atoms. The number of hydrogen-bond donors (Lipinski definition) is 0. The number of Topliss-reactive ketones (excluding diaryl/α,β-unsaturated/α-hetero) is 1. The average molecular weight is 244 g/mol. The van der Waals surface area contributed by atoms with Gasteiger partial charge in [0.1, 0.15) is 0 Å². The molecule has 1 heterocycles. The fourth-order valence-corrected chi connectivity index (χ4v) is 3.21. The summed E-state index contributed by atoms with van der Waals surface area (Å²) in [5, 5.41) is 0. The van der Waals surface area contributed by atoms with Gasteiger partial charge in [-0.3, -0.25) is 4.79 Å². The zero-order chi connectivity index (χ0) is 12.4. The second-order valence-electron chi connectivity index (χ2n) is 5.56. The molecule has 2 fully saturated rings. The first-order chi connectivity index (χ1) is 8.80. The summed E-state index contributed by atoms with van der Waals surface area (Å²) < 4.78 is 5.84. The summed E-state index contributed by atoms with van der Waals surface area (Å²) in [6.45, 7) is 0. The molecule has 1 aromatic carbocycles. The minimum Gasteiger partial charge on any atom is -0.366 e. The van der Waals surface area contributed by atoms with Crippen LogP contribution >= 0.6 is 0 Å². The van der Waals surface area contributed by atoms with Crippen molar-refractivity contribution in [3.63, 3.8) is 0 Å². The van der Waals surface area contributed by atoms with Gasteiger partial charge in [0.05, 0.1) is 11.7 Å². The number of ether oxygens (including phenoxy) is 1. The maximum Gasteiger partial charge on any atom is 0.162 e. The molecule has 0 spiro atoms. The zero-order valence-electron chi connectivity index (χ0n) is 10.7. The standard InChI is InChI=1S/C16H20O2/c17-14(13-7-2-1-3-8-13)9-6-12-16-11-5-4-10-15(16)18-16/h1-3,7-8,15H,4-6,9-12H2/t15-,16-/m1/s1. The second-order valence-corrected chi connectivity index (χ2v) is 5.56. The van der Waals surface area contributed by atoms with Crippen LogP contribution in [-0.4, -0.2) is 17.5 Å². The number of rotatable bonds is 5.